The van der Waals surface area contributed by atoms with Gasteiger partial charge in [0.2, 0.25) is 0 Å². The molecule has 0 atom stereocenters. The Morgan fingerprint density at radius 1 is 1.20 bits per heavy atom. The molecule has 0 bridgehead atoms. The maximum atomic E-state index is 11.8. The molecular formula is C22H35N7O. The molecule has 0 fully saturated rings. The molecule has 0 aliphatic heterocycles. The van der Waals surface area contributed by atoms with Gasteiger partial charge in [0.05, 0.1) is 5.69 Å². The number of aromatic nitrogens is 2. The Kier molecular flexibility index (Phi) is 8.26. The summed E-state index contributed by atoms with van der Waals surface area (Å²) in [6.45, 7) is 9.54. The Hall–Kier alpha value is -3.03. The van der Waals surface area contributed by atoms with Gasteiger partial charge in [-0.15, -0.1) is 0 Å². The monoisotopic (exact) mass is 413 g/mol. The van der Waals surface area contributed by atoms with Crippen LogP contribution in [0.25, 0.3) is 0 Å². The number of carbonyl (C=O) groups is 1. The molecule has 2 aromatic rings. The van der Waals surface area contributed by atoms with Crippen LogP contribution in [0.15, 0.2) is 35.5 Å². The van der Waals surface area contributed by atoms with Gasteiger partial charge in [-0.25, -0.2) is 4.79 Å². The minimum Gasteiger partial charge on any atom is -0.352 e. The van der Waals surface area contributed by atoms with Crippen LogP contribution in [0.2, 0.25) is 0 Å². The third-order valence-corrected chi connectivity index (χ3v) is 4.55. The summed E-state index contributed by atoms with van der Waals surface area (Å²) in [4.78, 5) is 18.3. The van der Waals surface area contributed by atoms with Crippen molar-refractivity contribution in [3.63, 3.8) is 0 Å². The predicted octanol–water partition coefficient (Wildman–Crippen LogP) is 3.28. The Bertz CT molecular complexity index is 853. The molecule has 1 aromatic heterocycles. The van der Waals surface area contributed by atoms with E-state index in [2.05, 4.69) is 51.0 Å². The standard InChI is InChI=1S/C22H35N7O/c1-15(2)20-18(14-29(7)27-20)13-28(6)21(23-5)24-12-17-8-10-19(11-9-17)26-22(30)25-16(3)4/h8-11,14-16H,12-13H2,1-7H3,(H,23,24)(H2,25,26,30). The number of hydrogen-bond acceptors (Lipinski definition) is 3. The van der Waals surface area contributed by atoms with Crippen LogP contribution in [0, 0.1) is 0 Å². The van der Waals surface area contributed by atoms with Crippen molar-refractivity contribution in [2.24, 2.45) is 12.0 Å². The summed E-state index contributed by atoms with van der Waals surface area (Å²) < 4.78 is 1.87. The van der Waals surface area contributed by atoms with Crippen molar-refractivity contribution >= 4 is 17.7 Å². The normalized spacial score (nSPS) is 11.7. The summed E-state index contributed by atoms with van der Waals surface area (Å²) in [7, 11) is 5.76. The van der Waals surface area contributed by atoms with E-state index in [9.17, 15) is 4.79 Å². The van der Waals surface area contributed by atoms with Crippen LogP contribution in [-0.4, -0.2) is 46.8 Å². The second-order valence-electron chi connectivity index (χ2n) is 8.07. The van der Waals surface area contributed by atoms with Crippen molar-refractivity contribution in [2.75, 3.05) is 19.4 Å². The smallest absolute Gasteiger partial charge is 0.319 e. The zero-order chi connectivity index (χ0) is 22.3. The third kappa shape index (κ3) is 6.79. The molecule has 2 amide bonds. The van der Waals surface area contributed by atoms with Gasteiger partial charge in [0.15, 0.2) is 5.96 Å². The second-order valence-corrected chi connectivity index (χ2v) is 8.07. The van der Waals surface area contributed by atoms with Crippen LogP contribution in [0.3, 0.4) is 0 Å². The highest BCUT2D eigenvalue weighted by atomic mass is 16.2. The van der Waals surface area contributed by atoms with Crippen LogP contribution in [0.1, 0.15) is 50.4 Å². The first kappa shape index (κ1) is 23.3. The van der Waals surface area contributed by atoms with Crippen LogP contribution in [-0.2, 0) is 20.1 Å². The van der Waals surface area contributed by atoms with Gasteiger partial charge in [-0.05, 0) is 37.5 Å². The molecule has 1 heterocycles. The van der Waals surface area contributed by atoms with E-state index >= 15 is 0 Å². The van der Waals surface area contributed by atoms with E-state index in [1.54, 1.807) is 7.05 Å². The van der Waals surface area contributed by atoms with E-state index in [-0.39, 0.29) is 12.1 Å². The van der Waals surface area contributed by atoms with Crippen molar-refractivity contribution < 1.29 is 4.79 Å². The largest absolute Gasteiger partial charge is 0.352 e. The zero-order valence-corrected chi connectivity index (χ0v) is 19.2. The Morgan fingerprint density at radius 2 is 1.87 bits per heavy atom. The van der Waals surface area contributed by atoms with Crippen LogP contribution in [0.4, 0.5) is 10.5 Å². The highest BCUT2D eigenvalue weighted by Crippen LogP contribution is 2.18. The first-order valence-corrected chi connectivity index (χ1v) is 10.3. The fourth-order valence-electron chi connectivity index (χ4n) is 3.19. The molecule has 30 heavy (non-hydrogen) atoms. The Morgan fingerprint density at radius 3 is 2.43 bits per heavy atom. The quantitative estimate of drug-likeness (QED) is 0.480. The third-order valence-electron chi connectivity index (χ3n) is 4.55. The van der Waals surface area contributed by atoms with Crippen molar-refractivity contribution in [3.05, 3.63) is 47.3 Å². The number of carbonyl (C=O) groups excluding carboxylic acids is 1. The number of nitrogens with zero attached hydrogens (tertiary/aromatic N) is 4. The van der Waals surface area contributed by atoms with Gasteiger partial charge in [-0.3, -0.25) is 9.67 Å². The predicted molar refractivity (Wildman–Crippen MR) is 123 cm³/mol. The summed E-state index contributed by atoms with van der Waals surface area (Å²) in [5.41, 5.74) is 4.18. The number of nitrogens with one attached hydrogen (secondary N) is 3. The van der Waals surface area contributed by atoms with E-state index in [4.69, 9.17) is 0 Å². The fraction of sp³-hybridized carbons (Fsp3) is 0.500. The van der Waals surface area contributed by atoms with Crippen LogP contribution in [0.5, 0.6) is 0 Å². The van der Waals surface area contributed by atoms with Crippen molar-refractivity contribution in [2.45, 2.75) is 52.7 Å². The summed E-state index contributed by atoms with van der Waals surface area (Å²) in [6.07, 6.45) is 2.07. The molecule has 0 spiro atoms. The second kappa shape index (κ2) is 10.7. The van der Waals surface area contributed by atoms with Gasteiger partial charge in [0.25, 0.3) is 0 Å². The first-order chi connectivity index (χ1) is 14.2. The average Bonchev–Trinajstić information content (AvgIpc) is 3.03. The number of aliphatic imine (C=N–C) groups is 1. The van der Waals surface area contributed by atoms with E-state index in [0.717, 1.165) is 29.4 Å². The number of aryl methyl sites for hydroxylation is 1. The molecule has 8 nitrogen and oxygen atoms in total. The number of hydrogen-bond donors (Lipinski definition) is 3. The lowest BCUT2D eigenvalue weighted by atomic mass is 10.1. The minimum absolute atomic E-state index is 0.0977. The van der Waals surface area contributed by atoms with Crippen molar-refractivity contribution in [1.82, 2.24) is 25.3 Å². The molecule has 3 N–H and O–H groups in total. The lowest BCUT2D eigenvalue weighted by Crippen LogP contribution is -2.38. The molecular weight excluding hydrogens is 378 g/mol. The molecule has 8 heteroatoms. The van der Waals surface area contributed by atoms with E-state index in [1.165, 1.54) is 5.56 Å². The van der Waals surface area contributed by atoms with Gasteiger partial charge in [-0.2, -0.15) is 5.10 Å². The van der Waals surface area contributed by atoms with Crippen LogP contribution >= 0.6 is 0 Å². The van der Waals surface area contributed by atoms with Gasteiger partial charge in [0.1, 0.15) is 0 Å². The highest BCUT2D eigenvalue weighted by molar-refractivity contribution is 5.89. The lowest BCUT2D eigenvalue weighted by molar-refractivity contribution is 0.250. The van der Waals surface area contributed by atoms with Gasteiger partial charge in [-0.1, -0.05) is 26.0 Å². The number of anilines is 1. The number of urea groups is 1. The number of guanidine groups is 1. The number of amides is 2. The topological polar surface area (TPSA) is 86.6 Å². The van der Waals surface area contributed by atoms with Gasteiger partial charge in [0, 0.05) is 57.7 Å². The summed E-state index contributed by atoms with van der Waals surface area (Å²) in [5.74, 6) is 1.19. The molecule has 1 aromatic carbocycles. The molecule has 0 saturated carbocycles. The highest BCUT2D eigenvalue weighted by Gasteiger charge is 2.15. The fourth-order valence-corrected chi connectivity index (χ4v) is 3.19. The summed E-state index contributed by atoms with van der Waals surface area (Å²) in [5, 5.41) is 13.6. The summed E-state index contributed by atoms with van der Waals surface area (Å²) >= 11 is 0. The minimum atomic E-state index is -0.200. The van der Waals surface area contributed by atoms with Crippen molar-refractivity contribution in [1.29, 1.82) is 0 Å². The number of benzene rings is 1. The lowest BCUT2D eigenvalue weighted by Gasteiger charge is -2.22. The van der Waals surface area contributed by atoms with Gasteiger partial charge < -0.3 is 20.9 Å². The average molecular weight is 414 g/mol. The SMILES string of the molecule is CN=C(NCc1ccc(NC(=O)NC(C)C)cc1)N(C)Cc1cn(C)nc1C(C)C. The van der Waals surface area contributed by atoms with Crippen LogP contribution < -0.4 is 16.0 Å². The molecule has 0 aliphatic carbocycles. The molecule has 164 valence electrons. The molecule has 0 saturated heterocycles. The van der Waals surface area contributed by atoms with E-state index in [1.807, 2.05) is 56.9 Å². The Labute approximate surface area is 179 Å². The maximum absolute atomic E-state index is 11.8. The molecule has 2 rings (SSSR count). The van der Waals surface area contributed by atoms with E-state index in [0.29, 0.717) is 12.5 Å². The maximum Gasteiger partial charge on any atom is 0.319 e. The van der Waals surface area contributed by atoms with E-state index < -0.39 is 0 Å². The first-order valence-electron chi connectivity index (χ1n) is 10.3. The van der Waals surface area contributed by atoms with Gasteiger partial charge >= 0.3 is 6.03 Å². The zero-order valence-electron chi connectivity index (χ0n) is 19.2. The molecule has 0 aliphatic rings. The Balaban J connectivity index is 1.93. The summed E-state index contributed by atoms with van der Waals surface area (Å²) in [6, 6.07) is 7.67. The number of rotatable bonds is 7. The molecule has 0 unspecified atom stereocenters. The molecule has 0 radical (unpaired) electrons. The van der Waals surface area contributed by atoms with Crippen molar-refractivity contribution in [3.8, 4) is 0 Å².